The zero-order chi connectivity index (χ0) is 17.8. The fourth-order valence-electron chi connectivity index (χ4n) is 2.33. The van der Waals surface area contributed by atoms with Gasteiger partial charge in [-0.25, -0.2) is 4.39 Å². The van der Waals surface area contributed by atoms with Gasteiger partial charge in [-0.15, -0.1) is 0 Å². The minimum atomic E-state index is -0.385. The van der Waals surface area contributed by atoms with E-state index in [-0.39, 0.29) is 18.1 Å². The van der Waals surface area contributed by atoms with Crippen molar-refractivity contribution < 1.29 is 9.18 Å². The van der Waals surface area contributed by atoms with Gasteiger partial charge in [0.1, 0.15) is 5.82 Å². The van der Waals surface area contributed by atoms with Gasteiger partial charge >= 0.3 is 0 Å². The molecule has 2 aromatic carbocycles. The molecule has 1 aromatic heterocycles. The number of carbonyl (C=O) groups is 1. The van der Waals surface area contributed by atoms with Crippen molar-refractivity contribution in [2.45, 2.75) is 13.0 Å². The molecule has 0 aliphatic rings. The quantitative estimate of drug-likeness (QED) is 0.708. The maximum atomic E-state index is 13.1. The van der Waals surface area contributed by atoms with Crippen molar-refractivity contribution in [3.8, 4) is 0 Å². The zero-order valence-electron chi connectivity index (χ0n) is 13.0. The standard InChI is InChI=1S/C18H14Cl2FN3O/c19-14-4-1-12(2-5-14)7-18(25)23-16-9-22-24(11-16)10-13-3-6-15(21)8-17(13)20/h1-6,8-9,11H,7,10H2,(H,23,25). The van der Waals surface area contributed by atoms with Crippen LogP contribution < -0.4 is 5.32 Å². The predicted molar refractivity (Wildman–Crippen MR) is 96.5 cm³/mol. The molecule has 128 valence electrons. The van der Waals surface area contributed by atoms with Gasteiger partial charge in [-0.3, -0.25) is 9.48 Å². The predicted octanol–water partition coefficient (Wildman–Crippen LogP) is 4.56. The van der Waals surface area contributed by atoms with Gasteiger partial charge in [0.05, 0.1) is 24.8 Å². The van der Waals surface area contributed by atoms with Gasteiger partial charge in [-0.2, -0.15) is 5.10 Å². The van der Waals surface area contributed by atoms with Crippen molar-refractivity contribution in [1.29, 1.82) is 0 Å². The van der Waals surface area contributed by atoms with Gasteiger partial charge in [0, 0.05) is 16.2 Å². The molecule has 1 amide bonds. The van der Waals surface area contributed by atoms with E-state index in [1.54, 1.807) is 35.3 Å². The number of nitrogens with zero attached hydrogens (tertiary/aromatic N) is 2. The minimum absolute atomic E-state index is 0.151. The van der Waals surface area contributed by atoms with Gasteiger partial charge in [-0.1, -0.05) is 41.4 Å². The molecule has 0 aliphatic heterocycles. The Balaban J connectivity index is 1.61. The summed E-state index contributed by atoms with van der Waals surface area (Å²) < 4.78 is 14.7. The lowest BCUT2D eigenvalue weighted by Crippen LogP contribution is -2.13. The Morgan fingerprint density at radius 2 is 1.92 bits per heavy atom. The summed E-state index contributed by atoms with van der Waals surface area (Å²) in [5, 5.41) is 7.93. The third-order valence-electron chi connectivity index (χ3n) is 3.54. The monoisotopic (exact) mass is 377 g/mol. The zero-order valence-corrected chi connectivity index (χ0v) is 14.6. The number of hydrogen-bond acceptors (Lipinski definition) is 2. The number of nitrogens with one attached hydrogen (secondary N) is 1. The topological polar surface area (TPSA) is 46.9 Å². The first-order valence-electron chi connectivity index (χ1n) is 7.50. The van der Waals surface area contributed by atoms with Crippen LogP contribution in [0.5, 0.6) is 0 Å². The van der Waals surface area contributed by atoms with Crippen molar-refractivity contribution in [2.24, 2.45) is 0 Å². The van der Waals surface area contributed by atoms with Crippen molar-refractivity contribution in [3.05, 3.63) is 81.8 Å². The molecular weight excluding hydrogens is 364 g/mol. The number of aromatic nitrogens is 2. The van der Waals surface area contributed by atoms with Crippen LogP contribution in [0, 0.1) is 5.82 Å². The first-order chi connectivity index (χ1) is 12.0. The average molecular weight is 378 g/mol. The molecule has 25 heavy (non-hydrogen) atoms. The SMILES string of the molecule is O=C(Cc1ccc(Cl)cc1)Nc1cnn(Cc2ccc(F)cc2Cl)c1. The van der Waals surface area contributed by atoms with Crippen molar-refractivity contribution in [3.63, 3.8) is 0 Å². The lowest BCUT2D eigenvalue weighted by Gasteiger charge is -2.05. The Bertz CT molecular complexity index is 894. The number of anilines is 1. The number of benzene rings is 2. The molecule has 0 bridgehead atoms. The lowest BCUT2D eigenvalue weighted by atomic mass is 10.1. The van der Waals surface area contributed by atoms with E-state index in [1.807, 2.05) is 12.1 Å². The summed E-state index contributed by atoms with van der Waals surface area (Å²) in [4.78, 5) is 12.1. The number of carbonyl (C=O) groups excluding carboxylic acids is 1. The van der Waals surface area contributed by atoms with E-state index in [9.17, 15) is 9.18 Å². The highest BCUT2D eigenvalue weighted by Gasteiger charge is 2.08. The molecule has 1 heterocycles. The van der Waals surface area contributed by atoms with Gasteiger partial charge in [0.25, 0.3) is 0 Å². The maximum Gasteiger partial charge on any atom is 0.228 e. The van der Waals surface area contributed by atoms with E-state index in [1.165, 1.54) is 12.1 Å². The smallest absolute Gasteiger partial charge is 0.228 e. The van der Waals surface area contributed by atoms with E-state index >= 15 is 0 Å². The first-order valence-corrected chi connectivity index (χ1v) is 8.26. The number of hydrogen-bond donors (Lipinski definition) is 1. The molecule has 0 atom stereocenters. The van der Waals surface area contributed by atoms with E-state index in [0.29, 0.717) is 22.3 Å². The molecular formula is C18H14Cl2FN3O. The lowest BCUT2D eigenvalue weighted by molar-refractivity contribution is -0.115. The van der Waals surface area contributed by atoms with Crippen LogP contribution in [0.25, 0.3) is 0 Å². The second kappa shape index (κ2) is 7.68. The normalized spacial score (nSPS) is 10.7. The summed E-state index contributed by atoms with van der Waals surface area (Å²) in [5.74, 6) is -0.536. The molecule has 7 heteroatoms. The molecule has 0 radical (unpaired) electrons. The van der Waals surface area contributed by atoms with Gasteiger partial charge < -0.3 is 5.32 Å². The molecule has 0 saturated heterocycles. The Kier molecular flexibility index (Phi) is 5.36. The van der Waals surface area contributed by atoms with Crippen molar-refractivity contribution >= 4 is 34.8 Å². The Labute approximate surface area is 154 Å². The molecule has 3 rings (SSSR count). The van der Waals surface area contributed by atoms with Crippen LogP contribution in [0.1, 0.15) is 11.1 Å². The summed E-state index contributed by atoms with van der Waals surface area (Å²) in [6.07, 6.45) is 3.49. The highest BCUT2D eigenvalue weighted by Crippen LogP contribution is 2.19. The van der Waals surface area contributed by atoms with E-state index in [0.717, 1.165) is 11.1 Å². The molecule has 0 unspecified atom stereocenters. The largest absolute Gasteiger partial charge is 0.323 e. The van der Waals surface area contributed by atoms with Gasteiger partial charge in [0.2, 0.25) is 5.91 Å². The van der Waals surface area contributed by atoms with Crippen LogP contribution in [0.3, 0.4) is 0 Å². The van der Waals surface area contributed by atoms with Crippen LogP contribution in [-0.2, 0) is 17.8 Å². The summed E-state index contributed by atoms with van der Waals surface area (Å²) >= 11 is 11.8. The average Bonchev–Trinajstić information content (AvgIpc) is 2.99. The highest BCUT2D eigenvalue weighted by atomic mass is 35.5. The first kappa shape index (κ1) is 17.5. The van der Waals surface area contributed by atoms with Crippen LogP contribution in [-0.4, -0.2) is 15.7 Å². The van der Waals surface area contributed by atoms with Crippen LogP contribution in [0.4, 0.5) is 10.1 Å². The van der Waals surface area contributed by atoms with E-state index in [4.69, 9.17) is 23.2 Å². The summed E-state index contributed by atoms with van der Waals surface area (Å²) in [6, 6.07) is 11.3. The number of amides is 1. The Morgan fingerprint density at radius 3 is 2.64 bits per heavy atom. The summed E-state index contributed by atoms with van der Waals surface area (Å²) in [6.45, 7) is 0.381. The molecule has 3 aromatic rings. The number of rotatable bonds is 5. The molecule has 1 N–H and O–H groups in total. The number of halogens is 3. The maximum absolute atomic E-state index is 13.1. The molecule has 0 saturated carbocycles. The highest BCUT2D eigenvalue weighted by molar-refractivity contribution is 6.31. The fourth-order valence-corrected chi connectivity index (χ4v) is 2.68. The Hall–Kier alpha value is -2.37. The van der Waals surface area contributed by atoms with E-state index < -0.39 is 0 Å². The third-order valence-corrected chi connectivity index (χ3v) is 4.15. The summed E-state index contributed by atoms with van der Waals surface area (Å²) in [7, 11) is 0. The second-order valence-electron chi connectivity index (χ2n) is 5.51. The van der Waals surface area contributed by atoms with E-state index in [2.05, 4.69) is 10.4 Å². The molecule has 0 fully saturated rings. The third kappa shape index (κ3) is 4.81. The fraction of sp³-hybridized carbons (Fsp3) is 0.111. The van der Waals surface area contributed by atoms with Gasteiger partial charge in [-0.05, 0) is 35.4 Å². The van der Waals surface area contributed by atoms with Crippen LogP contribution in [0.2, 0.25) is 10.0 Å². The minimum Gasteiger partial charge on any atom is -0.323 e. The molecule has 0 spiro atoms. The molecule has 4 nitrogen and oxygen atoms in total. The molecule has 0 aliphatic carbocycles. The van der Waals surface area contributed by atoms with Crippen LogP contribution in [0.15, 0.2) is 54.9 Å². The van der Waals surface area contributed by atoms with Crippen molar-refractivity contribution in [2.75, 3.05) is 5.32 Å². The van der Waals surface area contributed by atoms with Crippen LogP contribution >= 0.6 is 23.2 Å². The van der Waals surface area contributed by atoms with Crippen molar-refractivity contribution in [1.82, 2.24) is 9.78 Å². The summed E-state index contributed by atoms with van der Waals surface area (Å²) in [5.41, 5.74) is 2.19. The van der Waals surface area contributed by atoms with Gasteiger partial charge in [0.15, 0.2) is 0 Å². The Morgan fingerprint density at radius 1 is 1.16 bits per heavy atom. The second-order valence-corrected chi connectivity index (χ2v) is 6.36.